The van der Waals surface area contributed by atoms with Gasteiger partial charge in [0.1, 0.15) is 0 Å². The van der Waals surface area contributed by atoms with Crippen molar-refractivity contribution in [2.24, 2.45) is 10.8 Å². The summed E-state index contributed by atoms with van der Waals surface area (Å²) in [7, 11) is -2.39. The first-order chi connectivity index (χ1) is 14.9. The Balaban J connectivity index is 3.69. The van der Waals surface area contributed by atoms with Gasteiger partial charge in [0, 0.05) is 12.8 Å². The van der Waals surface area contributed by atoms with E-state index < -0.39 is 45.4 Å². The molecule has 0 unspecified atom stereocenters. The Morgan fingerprint density at radius 2 is 0.636 bits per heavy atom. The van der Waals surface area contributed by atoms with E-state index in [1.807, 2.05) is 0 Å². The van der Waals surface area contributed by atoms with E-state index in [0.29, 0.717) is 50.6 Å². The molecule has 0 spiro atoms. The van der Waals surface area contributed by atoms with Crippen molar-refractivity contribution in [3.05, 3.63) is 0 Å². The van der Waals surface area contributed by atoms with Gasteiger partial charge < -0.3 is 10.8 Å². The molecule has 0 saturated carbocycles. The lowest BCUT2D eigenvalue weighted by atomic mass is 10.1. The van der Waals surface area contributed by atoms with Crippen LogP contribution >= 0.6 is 0 Å². The molecule has 0 atom stereocenters. The van der Waals surface area contributed by atoms with Crippen molar-refractivity contribution in [3.63, 3.8) is 0 Å². The predicted octanol–water partition coefficient (Wildman–Crippen LogP) is 8.20. The Morgan fingerprint density at radius 3 is 0.909 bits per heavy atom. The quantitative estimate of drug-likeness (QED) is 0.108. The lowest BCUT2D eigenvalue weighted by molar-refractivity contribution is -0.284. The molecule has 0 aliphatic heterocycles. The summed E-state index contributed by atoms with van der Waals surface area (Å²) >= 11 is 0. The molecule has 0 aliphatic carbocycles. The molecule has 200 valence electrons. The summed E-state index contributed by atoms with van der Waals surface area (Å²) in [6.07, 6.45) is -7.61. The number of hydrogen-bond donors (Lipinski definition) is 2. The van der Waals surface area contributed by atoms with Gasteiger partial charge in [-0.15, -0.1) is 0 Å². The van der Waals surface area contributed by atoms with Gasteiger partial charge in [-0.05, 0) is 24.9 Å². The van der Waals surface area contributed by atoms with Crippen molar-refractivity contribution in [1.29, 1.82) is 0 Å². The second-order valence-electron chi connectivity index (χ2n) is 8.88. The van der Waals surface area contributed by atoms with E-state index in [1.54, 1.807) is 0 Å². The Bertz CT molecular complexity index is 478. The normalized spacial score (nSPS) is 14.2. The average molecular weight is 523 g/mol. The highest BCUT2D eigenvalue weighted by atomic mass is 28.3. The van der Waals surface area contributed by atoms with E-state index in [0.717, 1.165) is 25.7 Å². The zero-order chi connectivity index (χ0) is 25.8. The molecule has 0 saturated heterocycles. The highest BCUT2D eigenvalue weighted by Gasteiger charge is 2.57. The maximum Gasteiger partial charge on any atom is 0.453 e. The van der Waals surface area contributed by atoms with Gasteiger partial charge >= 0.3 is 24.2 Å². The van der Waals surface area contributed by atoms with Gasteiger partial charge in [-0.25, -0.2) is 0 Å². The molecule has 13 heteroatoms. The van der Waals surface area contributed by atoms with Crippen molar-refractivity contribution in [2.45, 2.75) is 126 Å². The van der Waals surface area contributed by atoms with Crippen molar-refractivity contribution >= 4 is 8.40 Å². The first-order valence-corrected chi connectivity index (χ1v) is 14.0. The third-order valence-corrected chi connectivity index (χ3v) is 8.16. The maximum absolute atomic E-state index is 12.8. The van der Waals surface area contributed by atoms with Gasteiger partial charge in [-0.1, -0.05) is 64.2 Å². The minimum atomic E-state index is -5.50. The Morgan fingerprint density at radius 1 is 0.394 bits per heavy atom. The standard InChI is InChI=1S/C20H36F10N2Si/c21-17(22,19(25,26)27)13-9-5-1-3-7-11-15-33(31,32)16-12-8-4-2-6-10-14-18(23,24)20(28,29)30/h1-16,31-32H2. The fourth-order valence-corrected chi connectivity index (χ4v) is 5.49. The van der Waals surface area contributed by atoms with E-state index >= 15 is 0 Å². The van der Waals surface area contributed by atoms with E-state index in [2.05, 4.69) is 0 Å². The number of rotatable bonds is 18. The van der Waals surface area contributed by atoms with E-state index in [1.165, 1.54) is 0 Å². The lowest BCUT2D eigenvalue weighted by Gasteiger charge is -2.21. The Kier molecular flexibility index (Phi) is 13.9. The van der Waals surface area contributed by atoms with Crippen LogP contribution in [-0.4, -0.2) is 32.6 Å². The maximum atomic E-state index is 12.8. The smallest absolute Gasteiger partial charge is 0.339 e. The molecule has 33 heavy (non-hydrogen) atoms. The molecule has 0 fully saturated rings. The van der Waals surface area contributed by atoms with Crippen molar-refractivity contribution in [2.75, 3.05) is 0 Å². The summed E-state index contributed by atoms with van der Waals surface area (Å²) in [5.74, 6) is -9.28. The lowest BCUT2D eigenvalue weighted by Crippen LogP contribution is -2.55. The first kappa shape index (κ1) is 32.4. The fraction of sp³-hybridized carbons (Fsp3) is 1.00. The molecule has 0 aromatic heterocycles. The van der Waals surface area contributed by atoms with Crippen LogP contribution in [0.5, 0.6) is 0 Å². The molecule has 0 heterocycles. The molecule has 0 amide bonds. The van der Waals surface area contributed by atoms with Crippen LogP contribution in [-0.2, 0) is 0 Å². The molecule has 0 aromatic carbocycles. The molecule has 0 radical (unpaired) electrons. The minimum Gasteiger partial charge on any atom is -0.339 e. The van der Waals surface area contributed by atoms with E-state index in [-0.39, 0.29) is 12.8 Å². The molecule has 4 N–H and O–H groups in total. The summed E-state index contributed by atoms with van der Waals surface area (Å²) in [5, 5.41) is 12.3. The zero-order valence-electron chi connectivity index (χ0n) is 18.7. The molecule has 0 bridgehead atoms. The summed E-state index contributed by atoms with van der Waals surface area (Å²) in [4.78, 5) is 0. The highest BCUT2D eigenvalue weighted by Crippen LogP contribution is 2.40. The topological polar surface area (TPSA) is 52.0 Å². The van der Waals surface area contributed by atoms with Gasteiger partial charge in [0.15, 0.2) is 8.40 Å². The average Bonchev–Trinajstić information content (AvgIpc) is 2.64. The first-order valence-electron chi connectivity index (χ1n) is 11.4. The number of hydrogen-bond acceptors (Lipinski definition) is 2. The Labute approximate surface area is 190 Å². The second kappa shape index (κ2) is 14.1. The summed E-state index contributed by atoms with van der Waals surface area (Å²) in [6, 6.07) is 1.32. The molecule has 0 aliphatic rings. The van der Waals surface area contributed by atoms with Crippen molar-refractivity contribution in [3.8, 4) is 0 Å². The van der Waals surface area contributed by atoms with Gasteiger partial charge in [0.2, 0.25) is 0 Å². The van der Waals surface area contributed by atoms with Crippen LogP contribution < -0.4 is 10.8 Å². The molecular weight excluding hydrogens is 486 g/mol. The minimum absolute atomic E-state index is 0.191. The van der Waals surface area contributed by atoms with Gasteiger partial charge in [0.25, 0.3) is 0 Å². The molecule has 0 aromatic rings. The Hall–Kier alpha value is -0.563. The van der Waals surface area contributed by atoms with Gasteiger partial charge in [-0.2, -0.15) is 43.9 Å². The van der Waals surface area contributed by atoms with Crippen molar-refractivity contribution < 1.29 is 43.9 Å². The van der Waals surface area contributed by atoms with Crippen LogP contribution in [0.15, 0.2) is 0 Å². The summed E-state index contributed by atoms with van der Waals surface area (Å²) < 4.78 is 123. The van der Waals surface area contributed by atoms with E-state index in [9.17, 15) is 43.9 Å². The zero-order valence-corrected chi connectivity index (χ0v) is 19.7. The van der Waals surface area contributed by atoms with Gasteiger partial charge in [-0.3, -0.25) is 0 Å². The van der Waals surface area contributed by atoms with Crippen LogP contribution in [0, 0.1) is 0 Å². The van der Waals surface area contributed by atoms with Crippen LogP contribution in [0.3, 0.4) is 0 Å². The molecule has 2 nitrogen and oxygen atoms in total. The van der Waals surface area contributed by atoms with Crippen LogP contribution in [0.25, 0.3) is 0 Å². The molecule has 0 rings (SSSR count). The number of nitrogens with two attached hydrogens (primary N) is 2. The summed E-state index contributed by atoms with van der Waals surface area (Å²) in [5.41, 5.74) is 0. The monoisotopic (exact) mass is 522 g/mol. The third-order valence-electron chi connectivity index (χ3n) is 5.60. The third kappa shape index (κ3) is 14.4. The SMILES string of the molecule is N[Si](N)(CCCCCCCCC(F)(F)C(F)(F)F)CCCCCCCCC(F)(F)C(F)(F)F. The van der Waals surface area contributed by atoms with Gasteiger partial charge in [0.05, 0.1) is 0 Å². The van der Waals surface area contributed by atoms with Crippen LogP contribution in [0.2, 0.25) is 12.1 Å². The largest absolute Gasteiger partial charge is 0.453 e. The highest BCUT2D eigenvalue weighted by molar-refractivity contribution is 6.73. The predicted molar refractivity (Wildman–Crippen MR) is 110 cm³/mol. The second-order valence-corrected chi connectivity index (χ2v) is 12.3. The summed E-state index contributed by atoms with van der Waals surface area (Å²) in [6.45, 7) is 0. The van der Waals surface area contributed by atoms with E-state index in [4.69, 9.17) is 10.8 Å². The van der Waals surface area contributed by atoms with Crippen molar-refractivity contribution in [1.82, 2.24) is 0 Å². The van der Waals surface area contributed by atoms with Crippen LogP contribution in [0.4, 0.5) is 43.9 Å². The number of alkyl halides is 10. The molecular formula is C20H36F10N2Si. The fourth-order valence-electron chi connectivity index (χ4n) is 3.42. The van der Waals surface area contributed by atoms with Crippen LogP contribution in [0.1, 0.15) is 89.9 Å². The number of halogens is 10. The number of unbranched alkanes of at least 4 members (excludes halogenated alkanes) is 10.